The fourth-order valence-electron chi connectivity index (χ4n) is 5.84. The van der Waals surface area contributed by atoms with Crippen LogP contribution >= 0.6 is 0 Å². The first-order valence-corrected chi connectivity index (χ1v) is 13.4. The minimum absolute atomic E-state index is 0.0337. The SMILES string of the molecule is CCN1CCN(c2ccc(C(=O)N[C@@H](CC(C)C)C(=O)N3C[C@H](C4CC4)[C@H]4OCO[C@@H]43)cc2)CC1. The van der Waals surface area contributed by atoms with E-state index < -0.39 is 6.04 Å². The van der Waals surface area contributed by atoms with Gasteiger partial charge in [0.2, 0.25) is 5.91 Å². The van der Waals surface area contributed by atoms with Crippen molar-refractivity contribution in [1.29, 1.82) is 0 Å². The molecular formula is C27H40N4O4. The fraction of sp³-hybridized carbons (Fsp3) is 0.704. The monoisotopic (exact) mass is 484 g/mol. The molecule has 3 heterocycles. The highest BCUT2D eigenvalue weighted by Crippen LogP contribution is 2.46. The number of likely N-dealkylation sites (tertiary alicyclic amines) is 1. The van der Waals surface area contributed by atoms with Crippen LogP contribution in [-0.2, 0) is 14.3 Å². The first kappa shape index (κ1) is 24.5. The molecular weight excluding hydrogens is 444 g/mol. The Bertz CT molecular complexity index is 895. The summed E-state index contributed by atoms with van der Waals surface area (Å²) in [5, 5.41) is 3.05. The number of amides is 2. The van der Waals surface area contributed by atoms with E-state index in [0.717, 1.165) is 38.4 Å². The van der Waals surface area contributed by atoms with Crippen LogP contribution in [0.15, 0.2) is 24.3 Å². The first-order chi connectivity index (χ1) is 16.9. The molecule has 1 aliphatic carbocycles. The predicted molar refractivity (Wildman–Crippen MR) is 134 cm³/mol. The van der Waals surface area contributed by atoms with Crippen LogP contribution in [-0.4, -0.2) is 86.0 Å². The Hall–Kier alpha value is -2.16. The summed E-state index contributed by atoms with van der Waals surface area (Å²) < 4.78 is 11.7. The zero-order valence-corrected chi connectivity index (χ0v) is 21.3. The third kappa shape index (κ3) is 5.34. The molecule has 8 nitrogen and oxygen atoms in total. The van der Waals surface area contributed by atoms with Crippen molar-refractivity contribution in [3.05, 3.63) is 29.8 Å². The summed E-state index contributed by atoms with van der Waals surface area (Å²) in [5.41, 5.74) is 1.72. The van der Waals surface area contributed by atoms with Gasteiger partial charge in [-0.25, -0.2) is 0 Å². The molecule has 0 unspecified atom stereocenters. The largest absolute Gasteiger partial charge is 0.369 e. The van der Waals surface area contributed by atoms with Gasteiger partial charge >= 0.3 is 0 Å². The van der Waals surface area contributed by atoms with Gasteiger partial charge in [-0.1, -0.05) is 20.8 Å². The van der Waals surface area contributed by atoms with E-state index >= 15 is 0 Å². The highest BCUT2D eigenvalue weighted by molar-refractivity contribution is 5.98. The number of hydrogen-bond donors (Lipinski definition) is 1. The predicted octanol–water partition coefficient (Wildman–Crippen LogP) is 2.54. The summed E-state index contributed by atoms with van der Waals surface area (Å²) in [6, 6.07) is 7.20. The van der Waals surface area contributed by atoms with E-state index in [1.165, 1.54) is 12.8 Å². The second-order valence-electron chi connectivity index (χ2n) is 10.9. The molecule has 4 fully saturated rings. The number of hydrogen-bond acceptors (Lipinski definition) is 6. The average Bonchev–Trinajstić information content (AvgIpc) is 3.48. The third-order valence-electron chi connectivity index (χ3n) is 8.05. The maximum absolute atomic E-state index is 13.7. The van der Waals surface area contributed by atoms with Crippen molar-refractivity contribution in [1.82, 2.24) is 15.1 Å². The molecule has 2 amide bonds. The van der Waals surface area contributed by atoms with E-state index in [1.54, 1.807) is 0 Å². The molecule has 35 heavy (non-hydrogen) atoms. The molecule has 1 aromatic carbocycles. The summed E-state index contributed by atoms with van der Waals surface area (Å²) in [6.07, 6.45) is 2.64. The molecule has 3 aliphatic heterocycles. The lowest BCUT2D eigenvalue weighted by molar-refractivity contribution is -0.142. The van der Waals surface area contributed by atoms with Crippen molar-refractivity contribution in [3.8, 4) is 0 Å². The van der Waals surface area contributed by atoms with E-state index in [4.69, 9.17) is 9.47 Å². The van der Waals surface area contributed by atoms with Crippen molar-refractivity contribution in [2.75, 3.05) is 51.0 Å². The number of nitrogens with zero attached hydrogens (tertiary/aromatic N) is 3. The van der Waals surface area contributed by atoms with Crippen LogP contribution in [0.4, 0.5) is 5.69 Å². The summed E-state index contributed by atoms with van der Waals surface area (Å²) in [7, 11) is 0. The number of carbonyl (C=O) groups is 2. The zero-order chi connectivity index (χ0) is 24.5. The number of likely N-dealkylation sites (N-methyl/N-ethyl adjacent to an activating group) is 1. The van der Waals surface area contributed by atoms with Crippen LogP contribution in [0, 0.1) is 17.8 Å². The number of benzene rings is 1. The van der Waals surface area contributed by atoms with Gasteiger partial charge in [-0.15, -0.1) is 0 Å². The summed E-state index contributed by atoms with van der Waals surface area (Å²) in [6.45, 7) is 12.4. The molecule has 8 heteroatoms. The summed E-state index contributed by atoms with van der Waals surface area (Å²) >= 11 is 0. The van der Waals surface area contributed by atoms with Crippen LogP contribution in [0.2, 0.25) is 0 Å². The van der Waals surface area contributed by atoms with Crippen molar-refractivity contribution in [2.24, 2.45) is 17.8 Å². The molecule has 5 rings (SSSR count). The van der Waals surface area contributed by atoms with Crippen LogP contribution in [0.25, 0.3) is 0 Å². The Morgan fingerprint density at radius 1 is 1.06 bits per heavy atom. The minimum atomic E-state index is -0.577. The van der Waals surface area contributed by atoms with Crippen LogP contribution in [0.3, 0.4) is 0 Å². The molecule has 4 atom stereocenters. The quantitative estimate of drug-likeness (QED) is 0.611. The molecule has 1 N–H and O–H groups in total. The molecule has 0 aromatic heterocycles. The van der Waals surface area contributed by atoms with Crippen LogP contribution in [0.1, 0.15) is 50.4 Å². The second kappa shape index (κ2) is 10.4. The normalized spacial score (nSPS) is 27.8. The topological polar surface area (TPSA) is 74.4 Å². The zero-order valence-electron chi connectivity index (χ0n) is 21.3. The van der Waals surface area contributed by atoms with Gasteiger partial charge in [-0.3, -0.25) is 9.59 Å². The van der Waals surface area contributed by atoms with E-state index in [2.05, 4.69) is 35.9 Å². The van der Waals surface area contributed by atoms with E-state index in [0.29, 0.717) is 30.4 Å². The van der Waals surface area contributed by atoms with Crippen molar-refractivity contribution >= 4 is 17.5 Å². The van der Waals surface area contributed by atoms with Crippen molar-refractivity contribution in [3.63, 3.8) is 0 Å². The molecule has 0 spiro atoms. The Morgan fingerprint density at radius 2 is 1.77 bits per heavy atom. The number of piperazine rings is 1. The van der Waals surface area contributed by atoms with Crippen LogP contribution < -0.4 is 10.2 Å². The maximum atomic E-state index is 13.7. The maximum Gasteiger partial charge on any atom is 0.251 e. The van der Waals surface area contributed by atoms with Gasteiger partial charge in [-0.05, 0) is 61.9 Å². The fourth-order valence-corrected chi connectivity index (χ4v) is 5.84. The lowest BCUT2D eigenvalue weighted by Gasteiger charge is -2.35. The highest BCUT2D eigenvalue weighted by Gasteiger charge is 2.54. The second-order valence-corrected chi connectivity index (χ2v) is 10.9. The lowest BCUT2D eigenvalue weighted by atomic mass is 10.00. The van der Waals surface area contributed by atoms with Gasteiger partial charge < -0.3 is 29.5 Å². The number of carbonyl (C=O) groups excluding carboxylic acids is 2. The van der Waals surface area contributed by atoms with Gasteiger partial charge in [0.25, 0.3) is 5.91 Å². The van der Waals surface area contributed by atoms with Gasteiger partial charge in [0.05, 0.1) is 0 Å². The van der Waals surface area contributed by atoms with Gasteiger partial charge in [0.15, 0.2) is 6.23 Å². The number of fused-ring (bicyclic) bond motifs is 1. The third-order valence-corrected chi connectivity index (χ3v) is 8.05. The van der Waals surface area contributed by atoms with E-state index in [-0.39, 0.29) is 36.9 Å². The van der Waals surface area contributed by atoms with Gasteiger partial charge in [-0.2, -0.15) is 0 Å². The van der Waals surface area contributed by atoms with E-state index in [9.17, 15) is 9.59 Å². The molecule has 1 saturated carbocycles. The Morgan fingerprint density at radius 3 is 2.40 bits per heavy atom. The van der Waals surface area contributed by atoms with Crippen LogP contribution in [0.5, 0.6) is 0 Å². The minimum Gasteiger partial charge on any atom is -0.369 e. The van der Waals surface area contributed by atoms with Crippen molar-refractivity contribution in [2.45, 2.75) is 58.4 Å². The Kier molecular flexibility index (Phi) is 7.32. The van der Waals surface area contributed by atoms with E-state index in [1.807, 2.05) is 29.2 Å². The standard InChI is InChI=1S/C27H40N4O4/c1-4-29-11-13-30(14-12-29)21-9-7-20(8-10-21)25(32)28-23(15-18(2)3)26(33)31-16-22(19-5-6-19)24-27(31)35-17-34-24/h7-10,18-19,22-24,27H,4-6,11-17H2,1-3H3,(H,28,32)/t22-,23+,24-,27+/m1/s1. The molecule has 4 aliphatic rings. The van der Waals surface area contributed by atoms with Gasteiger partial charge in [0.1, 0.15) is 18.9 Å². The lowest BCUT2D eigenvalue weighted by Crippen LogP contribution is -2.51. The smallest absolute Gasteiger partial charge is 0.251 e. The number of nitrogens with one attached hydrogen (secondary N) is 1. The van der Waals surface area contributed by atoms with Gasteiger partial charge in [0, 0.05) is 49.9 Å². The summed E-state index contributed by atoms with van der Waals surface area (Å²) in [4.78, 5) is 33.5. The summed E-state index contributed by atoms with van der Waals surface area (Å²) in [5.74, 6) is 0.981. The number of ether oxygens (including phenoxy) is 2. The number of anilines is 1. The average molecular weight is 485 g/mol. The molecule has 0 bridgehead atoms. The van der Waals surface area contributed by atoms with Crippen molar-refractivity contribution < 1.29 is 19.1 Å². The molecule has 192 valence electrons. The molecule has 1 aromatic rings. The molecule has 0 radical (unpaired) electrons. The molecule has 3 saturated heterocycles. The Balaban J connectivity index is 1.24. The first-order valence-electron chi connectivity index (χ1n) is 13.4. The number of rotatable bonds is 8. The Labute approximate surface area is 208 Å². The highest BCUT2D eigenvalue weighted by atomic mass is 16.7.